The van der Waals surface area contributed by atoms with Crippen LogP contribution in [-0.2, 0) is 4.74 Å². The Morgan fingerprint density at radius 2 is 1.66 bits per heavy atom. The lowest BCUT2D eigenvalue weighted by molar-refractivity contribution is -0.180. The first-order valence-corrected chi connectivity index (χ1v) is 12.6. The molecule has 0 amide bonds. The summed E-state index contributed by atoms with van der Waals surface area (Å²) in [5.41, 5.74) is 13.3. The number of hydrogen-bond donors (Lipinski definition) is 4. The summed E-state index contributed by atoms with van der Waals surface area (Å²) in [6.07, 6.45) is 8.12. The van der Waals surface area contributed by atoms with Crippen molar-refractivity contribution in [3.63, 3.8) is 0 Å². The fourth-order valence-corrected chi connectivity index (χ4v) is 9.09. The number of ether oxygens (including phenoxy) is 1. The maximum Gasteiger partial charge on any atom is 0.0883 e. The Kier molecular flexibility index (Phi) is 5.54. The molecule has 0 heterocycles. The van der Waals surface area contributed by atoms with Crippen molar-refractivity contribution in [3.8, 4) is 0 Å². The molecule has 2 unspecified atom stereocenters. The van der Waals surface area contributed by atoms with Crippen LogP contribution in [-0.4, -0.2) is 52.0 Å². The van der Waals surface area contributed by atoms with Crippen LogP contribution < -0.4 is 11.5 Å². The number of aliphatic hydroxyl groups excluding tert-OH is 1. The third-order valence-electron chi connectivity index (χ3n) is 10.6. The van der Waals surface area contributed by atoms with Crippen LogP contribution in [0.1, 0.15) is 71.6 Å². The SMILES string of the molecule is COC[C@@]1(O)CC[C@@]2(C)[C@@H](CC[C@@H]3[C@]2(N)CC[C@]2(C)C(C(O)CBr)CC[C@@]32N)C1. The molecule has 0 aromatic heterocycles. The van der Waals surface area contributed by atoms with Gasteiger partial charge in [-0.3, -0.25) is 0 Å². The quantitative estimate of drug-likeness (QED) is 0.471. The van der Waals surface area contributed by atoms with Gasteiger partial charge in [0.25, 0.3) is 0 Å². The van der Waals surface area contributed by atoms with Gasteiger partial charge in [-0.25, -0.2) is 0 Å². The molecule has 6 N–H and O–H groups in total. The van der Waals surface area contributed by atoms with Crippen LogP contribution in [0.3, 0.4) is 0 Å². The van der Waals surface area contributed by atoms with Crippen molar-refractivity contribution in [1.82, 2.24) is 0 Å². The molecule has 168 valence electrons. The maximum atomic E-state index is 11.0. The minimum Gasteiger partial charge on any atom is -0.392 e. The van der Waals surface area contributed by atoms with Crippen LogP contribution in [0, 0.1) is 28.6 Å². The minimum absolute atomic E-state index is 0.00425. The number of hydrogen-bond acceptors (Lipinski definition) is 5. The molecule has 4 aliphatic rings. The Bertz CT molecular complexity index is 652. The van der Waals surface area contributed by atoms with Crippen molar-refractivity contribution >= 4 is 15.9 Å². The zero-order valence-corrected chi connectivity index (χ0v) is 20.0. The second kappa shape index (κ2) is 7.14. The van der Waals surface area contributed by atoms with E-state index in [1.54, 1.807) is 7.11 Å². The topological polar surface area (TPSA) is 102 Å². The predicted octanol–water partition coefficient (Wildman–Crippen LogP) is 2.94. The highest BCUT2D eigenvalue weighted by molar-refractivity contribution is 9.09. The zero-order chi connectivity index (χ0) is 21.3. The van der Waals surface area contributed by atoms with Gasteiger partial charge in [-0.2, -0.15) is 0 Å². The monoisotopic (exact) mass is 472 g/mol. The van der Waals surface area contributed by atoms with Gasteiger partial charge in [0.1, 0.15) is 0 Å². The van der Waals surface area contributed by atoms with E-state index in [4.69, 9.17) is 16.2 Å². The highest BCUT2D eigenvalue weighted by Gasteiger charge is 2.71. The van der Waals surface area contributed by atoms with E-state index in [0.717, 1.165) is 57.8 Å². The van der Waals surface area contributed by atoms with E-state index in [2.05, 4.69) is 29.8 Å². The van der Waals surface area contributed by atoms with Crippen LogP contribution in [0.25, 0.3) is 0 Å². The molecule has 4 rings (SSSR count). The van der Waals surface area contributed by atoms with Gasteiger partial charge in [-0.1, -0.05) is 29.8 Å². The lowest BCUT2D eigenvalue weighted by Crippen LogP contribution is -2.77. The number of nitrogens with two attached hydrogens (primary N) is 2. The Morgan fingerprint density at radius 3 is 2.31 bits per heavy atom. The van der Waals surface area contributed by atoms with Gasteiger partial charge in [0, 0.05) is 23.5 Å². The van der Waals surface area contributed by atoms with Gasteiger partial charge in [-0.05, 0) is 86.4 Å². The van der Waals surface area contributed by atoms with Crippen molar-refractivity contribution in [2.24, 2.45) is 40.1 Å². The van der Waals surface area contributed by atoms with Crippen molar-refractivity contribution in [3.05, 3.63) is 0 Å². The van der Waals surface area contributed by atoms with Crippen LogP contribution in [0.5, 0.6) is 0 Å². The molecule has 4 aliphatic carbocycles. The molecule has 6 heteroatoms. The number of alkyl halides is 1. The molecule has 0 radical (unpaired) electrons. The van der Waals surface area contributed by atoms with Crippen molar-refractivity contribution < 1.29 is 14.9 Å². The largest absolute Gasteiger partial charge is 0.392 e. The Hall–Kier alpha value is 0.280. The summed E-state index contributed by atoms with van der Waals surface area (Å²) >= 11 is 3.49. The molecule has 4 fully saturated rings. The highest BCUT2D eigenvalue weighted by atomic mass is 79.9. The van der Waals surface area contributed by atoms with Crippen molar-refractivity contribution in [2.75, 3.05) is 19.0 Å². The van der Waals surface area contributed by atoms with E-state index in [0.29, 0.717) is 17.9 Å². The molecule has 0 spiro atoms. The molecule has 5 nitrogen and oxygen atoms in total. The van der Waals surface area contributed by atoms with Crippen LogP contribution in [0.2, 0.25) is 0 Å². The van der Waals surface area contributed by atoms with E-state index in [1.165, 1.54) is 0 Å². The second-order valence-corrected chi connectivity index (χ2v) is 12.1. The number of fused-ring (bicyclic) bond motifs is 5. The van der Waals surface area contributed by atoms with E-state index in [9.17, 15) is 10.2 Å². The van der Waals surface area contributed by atoms with Gasteiger partial charge in [0.2, 0.25) is 0 Å². The fourth-order valence-electron chi connectivity index (χ4n) is 8.64. The summed E-state index contributed by atoms with van der Waals surface area (Å²) in [4.78, 5) is 0. The summed E-state index contributed by atoms with van der Waals surface area (Å²) in [6.45, 7) is 5.11. The summed E-state index contributed by atoms with van der Waals surface area (Å²) in [7, 11) is 1.67. The number of aliphatic hydroxyl groups is 2. The molecular formula is C23H41BrN2O3. The molecule has 0 aromatic rings. The lowest BCUT2D eigenvalue weighted by Gasteiger charge is -2.69. The highest BCUT2D eigenvalue weighted by Crippen LogP contribution is 2.69. The first-order valence-electron chi connectivity index (χ1n) is 11.5. The van der Waals surface area contributed by atoms with Gasteiger partial charge < -0.3 is 26.4 Å². The van der Waals surface area contributed by atoms with Gasteiger partial charge in [0.05, 0.1) is 18.3 Å². The van der Waals surface area contributed by atoms with Crippen molar-refractivity contribution in [2.45, 2.75) is 94.4 Å². The molecule has 0 saturated heterocycles. The molecule has 29 heavy (non-hydrogen) atoms. The van der Waals surface area contributed by atoms with E-state index in [-0.39, 0.29) is 39.8 Å². The minimum atomic E-state index is -0.718. The smallest absolute Gasteiger partial charge is 0.0883 e. The average molecular weight is 473 g/mol. The predicted molar refractivity (Wildman–Crippen MR) is 119 cm³/mol. The summed E-state index contributed by atoms with van der Waals surface area (Å²) in [5, 5.41) is 22.4. The fraction of sp³-hybridized carbons (Fsp3) is 1.00. The number of halogens is 1. The summed E-state index contributed by atoms with van der Waals surface area (Å²) < 4.78 is 5.33. The zero-order valence-electron chi connectivity index (χ0n) is 18.4. The van der Waals surface area contributed by atoms with E-state index < -0.39 is 5.60 Å². The number of rotatable bonds is 4. The third kappa shape index (κ3) is 2.88. The lowest BCUT2D eigenvalue weighted by atomic mass is 9.39. The average Bonchev–Trinajstić information content (AvgIpc) is 2.95. The first-order chi connectivity index (χ1) is 13.5. The third-order valence-corrected chi connectivity index (χ3v) is 11.3. The number of methoxy groups -OCH3 is 1. The standard InChI is InChI=1S/C23H41BrN2O3/c1-19-8-10-21(28,14-29-3)12-15(19)4-5-18-22(25)7-6-16(17(27)13-24)20(22,2)9-11-23(18,19)26/h15-18,27-28H,4-14,25-26H2,1-3H3/t15-,16?,17?,18-,19-,20+,21+,22+,23+/m0/s1. The summed E-state index contributed by atoms with van der Waals surface area (Å²) in [6, 6.07) is 0. The normalized spacial score (nSPS) is 55.7. The van der Waals surface area contributed by atoms with Crippen LogP contribution >= 0.6 is 15.9 Å². The Balaban J connectivity index is 1.66. The molecule has 0 bridgehead atoms. The maximum absolute atomic E-state index is 11.0. The molecular weight excluding hydrogens is 432 g/mol. The molecule has 4 saturated carbocycles. The van der Waals surface area contributed by atoms with E-state index >= 15 is 0 Å². The Labute approximate surface area is 184 Å². The van der Waals surface area contributed by atoms with Crippen LogP contribution in [0.15, 0.2) is 0 Å². The second-order valence-electron chi connectivity index (χ2n) is 11.5. The van der Waals surface area contributed by atoms with Gasteiger partial charge >= 0.3 is 0 Å². The van der Waals surface area contributed by atoms with Crippen LogP contribution in [0.4, 0.5) is 0 Å². The molecule has 0 aliphatic heterocycles. The first kappa shape index (κ1) is 22.5. The van der Waals surface area contributed by atoms with Gasteiger partial charge in [-0.15, -0.1) is 0 Å². The van der Waals surface area contributed by atoms with Crippen molar-refractivity contribution in [1.29, 1.82) is 0 Å². The molecule has 0 aromatic carbocycles. The van der Waals surface area contributed by atoms with Gasteiger partial charge in [0.15, 0.2) is 0 Å². The molecule has 9 atom stereocenters. The van der Waals surface area contributed by atoms with E-state index in [1.807, 2.05) is 0 Å². The Morgan fingerprint density at radius 1 is 1.00 bits per heavy atom. The summed E-state index contributed by atoms with van der Waals surface area (Å²) in [5.74, 6) is 0.923.